The summed E-state index contributed by atoms with van der Waals surface area (Å²) >= 11 is 0. The van der Waals surface area contributed by atoms with Crippen molar-refractivity contribution < 1.29 is 27.4 Å². The number of hydrogen-bond acceptors (Lipinski definition) is 3. The van der Waals surface area contributed by atoms with Crippen LogP contribution < -0.4 is 9.47 Å². The van der Waals surface area contributed by atoms with Crippen LogP contribution >= 0.6 is 0 Å². The number of hydrogen-bond donors (Lipinski definition) is 0. The van der Waals surface area contributed by atoms with Gasteiger partial charge in [0.15, 0.2) is 11.6 Å². The summed E-state index contributed by atoms with van der Waals surface area (Å²) in [4.78, 5) is 12.6. The van der Waals surface area contributed by atoms with Crippen LogP contribution in [0.3, 0.4) is 0 Å². The summed E-state index contributed by atoms with van der Waals surface area (Å²) in [6.45, 7) is 4.38. The molecule has 0 saturated carbocycles. The van der Waals surface area contributed by atoms with E-state index in [4.69, 9.17) is 9.47 Å². The van der Waals surface area contributed by atoms with Crippen LogP contribution in [0.15, 0.2) is 78.9 Å². The van der Waals surface area contributed by atoms with Crippen LogP contribution in [0.2, 0.25) is 0 Å². The number of esters is 1. The molecule has 0 aliphatic heterocycles. The van der Waals surface area contributed by atoms with Crippen molar-refractivity contribution in [2.75, 3.05) is 6.61 Å². The van der Waals surface area contributed by atoms with E-state index in [1.165, 1.54) is 30.3 Å². The van der Waals surface area contributed by atoms with Crippen LogP contribution in [-0.4, -0.2) is 12.6 Å². The molecule has 0 aliphatic rings. The summed E-state index contributed by atoms with van der Waals surface area (Å²) in [5.74, 6) is -3.32. The zero-order valence-electron chi connectivity index (χ0n) is 21.4. The Hall–Kier alpha value is -4.06. The number of carbonyl (C=O) groups is 1. The Morgan fingerprint density at radius 3 is 2.00 bits per heavy atom. The Morgan fingerprint density at radius 2 is 1.34 bits per heavy atom. The first-order valence-electron chi connectivity index (χ1n) is 12.7. The maximum Gasteiger partial charge on any atom is 0.346 e. The van der Waals surface area contributed by atoms with Gasteiger partial charge >= 0.3 is 5.97 Å². The van der Waals surface area contributed by atoms with Crippen molar-refractivity contribution in [3.05, 3.63) is 107 Å². The third-order valence-electron chi connectivity index (χ3n) is 6.26. The molecule has 0 aromatic heterocycles. The fraction of sp³-hybridized carbons (Fsp3) is 0.219. The molecule has 0 radical (unpaired) electrons. The molecule has 38 heavy (non-hydrogen) atoms. The number of benzene rings is 4. The summed E-state index contributed by atoms with van der Waals surface area (Å²) in [5.41, 5.74) is 2.13. The van der Waals surface area contributed by atoms with Gasteiger partial charge in [0.1, 0.15) is 17.3 Å². The predicted octanol–water partition coefficient (Wildman–Crippen LogP) is 8.79. The smallest absolute Gasteiger partial charge is 0.346 e. The molecule has 0 N–H and O–H groups in total. The normalized spacial score (nSPS) is 10.9. The first kappa shape index (κ1) is 27.0. The Balaban J connectivity index is 1.46. The van der Waals surface area contributed by atoms with E-state index >= 15 is 0 Å². The van der Waals surface area contributed by atoms with E-state index < -0.39 is 29.0 Å². The van der Waals surface area contributed by atoms with Crippen molar-refractivity contribution in [2.24, 2.45) is 0 Å². The Morgan fingerprint density at radius 1 is 0.711 bits per heavy atom. The average molecular weight is 519 g/mol. The highest BCUT2D eigenvalue weighted by molar-refractivity contribution is 5.92. The molecule has 4 rings (SSSR count). The van der Waals surface area contributed by atoms with Gasteiger partial charge in [-0.15, -0.1) is 0 Å². The predicted molar refractivity (Wildman–Crippen MR) is 143 cm³/mol. The van der Waals surface area contributed by atoms with E-state index in [2.05, 4.69) is 6.92 Å². The fourth-order valence-electron chi connectivity index (χ4n) is 4.21. The van der Waals surface area contributed by atoms with E-state index in [1.54, 1.807) is 36.4 Å². The van der Waals surface area contributed by atoms with Crippen molar-refractivity contribution in [3.63, 3.8) is 0 Å². The summed E-state index contributed by atoms with van der Waals surface area (Å²) in [6, 6.07) is 20.6. The second kappa shape index (κ2) is 12.5. The van der Waals surface area contributed by atoms with Gasteiger partial charge in [-0.05, 0) is 66.8 Å². The lowest BCUT2D eigenvalue weighted by Crippen LogP contribution is -2.12. The Kier molecular flexibility index (Phi) is 8.85. The number of carbonyl (C=O) groups excluding carboxylic acids is 1. The van der Waals surface area contributed by atoms with E-state index in [0.717, 1.165) is 31.2 Å². The summed E-state index contributed by atoms with van der Waals surface area (Å²) in [5, 5.41) is 0. The Labute approximate surface area is 220 Å². The topological polar surface area (TPSA) is 35.5 Å². The van der Waals surface area contributed by atoms with Crippen molar-refractivity contribution in [3.8, 4) is 33.8 Å². The second-order valence-corrected chi connectivity index (χ2v) is 8.93. The lowest BCUT2D eigenvalue weighted by Gasteiger charge is -2.11. The molecule has 3 nitrogen and oxygen atoms in total. The molecule has 4 aromatic rings. The van der Waals surface area contributed by atoms with Crippen LogP contribution in [0.4, 0.5) is 13.2 Å². The lowest BCUT2D eigenvalue weighted by atomic mass is 9.99. The van der Waals surface area contributed by atoms with Gasteiger partial charge in [-0.2, -0.15) is 0 Å². The molecule has 0 saturated heterocycles. The monoisotopic (exact) mass is 518 g/mol. The van der Waals surface area contributed by atoms with E-state index in [9.17, 15) is 18.0 Å². The van der Waals surface area contributed by atoms with Gasteiger partial charge in [0.2, 0.25) is 0 Å². The molecule has 0 fully saturated rings. The molecule has 4 aromatic carbocycles. The van der Waals surface area contributed by atoms with Gasteiger partial charge in [0, 0.05) is 17.2 Å². The van der Waals surface area contributed by atoms with Gasteiger partial charge in [0.25, 0.3) is 0 Å². The standard InChI is InChI=1S/C32H29F3O3/c1-3-5-6-7-21-8-10-23(11-9-21)27-18-19-28(31(35)30(27)34)32(36)38-24-14-12-22(13-15-24)26-17-16-25(37-4-2)20-29(26)33/h8-20H,3-7H2,1-2H3. The van der Waals surface area contributed by atoms with Crippen LogP contribution in [0.25, 0.3) is 22.3 Å². The number of ether oxygens (including phenoxy) is 2. The Bertz CT molecular complexity index is 1400. The summed E-state index contributed by atoms with van der Waals surface area (Å²) in [7, 11) is 0. The molecular weight excluding hydrogens is 489 g/mol. The lowest BCUT2D eigenvalue weighted by molar-refractivity contribution is 0.0728. The highest BCUT2D eigenvalue weighted by Crippen LogP contribution is 2.30. The SMILES string of the molecule is CCCCCc1ccc(-c2ccc(C(=O)Oc3ccc(-c4ccc(OCC)cc4F)cc3)c(F)c2F)cc1. The maximum atomic E-state index is 14.9. The van der Waals surface area contributed by atoms with Gasteiger partial charge in [-0.3, -0.25) is 0 Å². The first-order valence-corrected chi connectivity index (χ1v) is 12.7. The first-order chi connectivity index (χ1) is 18.4. The molecule has 0 amide bonds. The van der Waals surface area contributed by atoms with Gasteiger partial charge < -0.3 is 9.47 Å². The molecule has 0 aliphatic carbocycles. The van der Waals surface area contributed by atoms with E-state index in [0.29, 0.717) is 29.0 Å². The minimum Gasteiger partial charge on any atom is -0.494 e. The van der Waals surface area contributed by atoms with Gasteiger partial charge in [-0.1, -0.05) is 62.2 Å². The molecule has 0 heterocycles. The zero-order chi connectivity index (χ0) is 27.1. The number of rotatable bonds is 10. The maximum absolute atomic E-state index is 14.9. The minimum atomic E-state index is -1.27. The van der Waals surface area contributed by atoms with Crippen LogP contribution in [0, 0.1) is 17.5 Å². The van der Waals surface area contributed by atoms with Gasteiger partial charge in [-0.25, -0.2) is 18.0 Å². The second-order valence-electron chi connectivity index (χ2n) is 8.93. The van der Waals surface area contributed by atoms with Crippen molar-refractivity contribution in [2.45, 2.75) is 39.5 Å². The van der Waals surface area contributed by atoms with Crippen LogP contribution in [0.1, 0.15) is 49.0 Å². The molecule has 196 valence electrons. The number of unbranched alkanes of at least 4 members (excludes halogenated alkanes) is 2. The molecule has 0 atom stereocenters. The minimum absolute atomic E-state index is 0.0703. The molecule has 0 spiro atoms. The number of aryl methyl sites for hydroxylation is 1. The summed E-state index contributed by atoms with van der Waals surface area (Å²) in [6.07, 6.45) is 4.29. The average Bonchev–Trinajstić information content (AvgIpc) is 2.92. The zero-order valence-corrected chi connectivity index (χ0v) is 21.4. The summed E-state index contributed by atoms with van der Waals surface area (Å²) < 4.78 is 54.8. The van der Waals surface area contributed by atoms with Gasteiger partial charge in [0.05, 0.1) is 12.2 Å². The van der Waals surface area contributed by atoms with Crippen LogP contribution in [0.5, 0.6) is 11.5 Å². The van der Waals surface area contributed by atoms with Crippen LogP contribution in [-0.2, 0) is 6.42 Å². The van der Waals surface area contributed by atoms with Crippen molar-refractivity contribution >= 4 is 5.97 Å². The highest BCUT2D eigenvalue weighted by atomic mass is 19.2. The fourth-order valence-corrected chi connectivity index (χ4v) is 4.21. The molecular formula is C32H29F3O3. The molecule has 0 unspecified atom stereocenters. The largest absolute Gasteiger partial charge is 0.494 e. The number of halogens is 3. The van der Waals surface area contributed by atoms with Crippen molar-refractivity contribution in [1.82, 2.24) is 0 Å². The third kappa shape index (κ3) is 6.25. The van der Waals surface area contributed by atoms with E-state index in [-0.39, 0.29) is 11.3 Å². The highest BCUT2D eigenvalue weighted by Gasteiger charge is 2.21. The third-order valence-corrected chi connectivity index (χ3v) is 6.26. The van der Waals surface area contributed by atoms with Crippen molar-refractivity contribution in [1.29, 1.82) is 0 Å². The van der Waals surface area contributed by atoms with E-state index in [1.807, 2.05) is 19.1 Å². The molecule has 6 heteroatoms. The quantitative estimate of drug-likeness (QED) is 0.120. The molecule has 0 bridgehead atoms.